The molecule has 0 aliphatic heterocycles. The number of halogens is 1. The number of fused-ring (bicyclic) bond motifs is 1. The molecule has 3 aromatic rings. The zero-order chi connectivity index (χ0) is 16.4. The van der Waals surface area contributed by atoms with Gasteiger partial charge in [-0.05, 0) is 43.7 Å². The maximum atomic E-state index is 13.3. The Labute approximate surface area is 135 Å². The van der Waals surface area contributed by atoms with Gasteiger partial charge in [-0.2, -0.15) is 0 Å². The highest BCUT2D eigenvalue weighted by molar-refractivity contribution is 5.84. The van der Waals surface area contributed by atoms with Gasteiger partial charge in [-0.25, -0.2) is 4.39 Å². The minimum atomic E-state index is -0.294. The monoisotopic (exact) mass is 312 g/mol. The Morgan fingerprint density at radius 1 is 1.17 bits per heavy atom. The van der Waals surface area contributed by atoms with Gasteiger partial charge in [-0.15, -0.1) is 0 Å². The van der Waals surface area contributed by atoms with Crippen molar-refractivity contribution in [3.63, 3.8) is 0 Å². The third-order valence-corrected chi connectivity index (χ3v) is 3.96. The van der Waals surface area contributed by atoms with E-state index < -0.39 is 0 Å². The van der Waals surface area contributed by atoms with Crippen molar-refractivity contribution >= 4 is 10.9 Å². The lowest BCUT2D eigenvalue weighted by Gasteiger charge is -2.09. The van der Waals surface area contributed by atoms with Crippen molar-refractivity contribution in [2.75, 3.05) is 0 Å². The summed E-state index contributed by atoms with van der Waals surface area (Å²) < 4.78 is 21.2. The molecule has 3 nitrogen and oxygen atoms in total. The Morgan fingerprint density at radius 3 is 2.70 bits per heavy atom. The molecule has 0 aliphatic carbocycles. The first-order valence-electron chi connectivity index (χ1n) is 7.79. The Bertz CT molecular complexity index is 823. The third kappa shape index (κ3) is 3.22. The number of hydrogen-bond acceptors (Lipinski definition) is 2. The molecular weight excluding hydrogens is 291 g/mol. The molecule has 23 heavy (non-hydrogen) atoms. The quantitative estimate of drug-likeness (QED) is 0.758. The lowest BCUT2D eigenvalue weighted by atomic mass is 10.1. The normalized spacial score (nSPS) is 11.3. The molecular formula is C19H21FN2O. The number of hydrogen-bond donors (Lipinski definition) is 1. The highest BCUT2D eigenvalue weighted by Gasteiger charge is 2.12. The molecule has 0 atom stereocenters. The van der Waals surface area contributed by atoms with E-state index in [4.69, 9.17) is 10.5 Å². The van der Waals surface area contributed by atoms with Gasteiger partial charge in [0.1, 0.15) is 18.2 Å². The minimum Gasteiger partial charge on any atom is -0.489 e. The van der Waals surface area contributed by atoms with E-state index in [0.29, 0.717) is 24.9 Å². The highest BCUT2D eigenvalue weighted by atomic mass is 19.1. The van der Waals surface area contributed by atoms with E-state index in [1.807, 2.05) is 0 Å². The molecule has 1 heterocycles. The number of rotatable bonds is 5. The first-order chi connectivity index (χ1) is 11.1. The molecule has 0 radical (unpaired) electrons. The van der Waals surface area contributed by atoms with Crippen LogP contribution < -0.4 is 10.5 Å². The summed E-state index contributed by atoms with van der Waals surface area (Å²) >= 11 is 0. The van der Waals surface area contributed by atoms with Crippen LogP contribution in [-0.2, 0) is 13.2 Å². The molecule has 0 spiro atoms. The van der Waals surface area contributed by atoms with Crippen LogP contribution in [0.5, 0.6) is 5.75 Å². The van der Waals surface area contributed by atoms with E-state index >= 15 is 0 Å². The van der Waals surface area contributed by atoms with Gasteiger partial charge in [0.05, 0.1) is 0 Å². The summed E-state index contributed by atoms with van der Waals surface area (Å²) in [6, 6.07) is 12.8. The highest BCUT2D eigenvalue weighted by Crippen LogP contribution is 2.27. The number of benzene rings is 2. The second kappa shape index (κ2) is 6.42. The van der Waals surface area contributed by atoms with Gasteiger partial charge in [0.15, 0.2) is 0 Å². The second-order valence-corrected chi connectivity index (χ2v) is 5.96. The fraction of sp³-hybridized carbons (Fsp3) is 0.263. The number of nitrogens with two attached hydrogens (primary N) is 1. The zero-order valence-corrected chi connectivity index (χ0v) is 13.4. The van der Waals surface area contributed by atoms with Crippen molar-refractivity contribution in [2.24, 2.45) is 5.73 Å². The lowest BCUT2D eigenvalue weighted by molar-refractivity contribution is 0.305. The first-order valence-corrected chi connectivity index (χ1v) is 7.79. The van der Waals surface area contributed by atoms with Crippen LogP contribution in [0.3, 0.4) is 0 Å². The van der Waals surface area contributed by atoms with E-state index in [1.54, 1.807) is 12.1 Å². The van der Waals surface area contributed by atoms with Gasteiger partial charge in [-0.1, -0.05) is 12.1 Å². The molecule has 2 N–H and O–H groups in total. The molecule has 0 saturated carbocycles. The summed E-state index contributed by atoms with van der Waals surface area (Å²) in [6.07, 6.45) is 2.11. The van der Waals surface area contributed by atoms with Crippen molar-refractivity contribution in [2.45, 2.75) is 33.0 Å². The minimum absolute atomic E-state index is 0.294. The van der Waals surface area contributed by atoms with Crippen molar-refractivity contribution in [1.29, 1.82) is 0 Å². The zero-order valence-electron chi connectivity index (χ0n) is 13.4. The van der Waals surface area contributed by atoms with Crippen LogP contribution in [0.25, 0.3) is 10.9 Å². The molecule has 0 aliphatic rings. The third-order valence-electron chi connectivity index (χ3n) is 3.96. The molecule has 120 valence electrons. The number of aromatic nitrogens is 1. The molecule has 0 amide bonds. The van der Waals surface area contributed by atoms with Crippen LogP contribution in [0.1, 0.15) is 31.0 Å². The van der Waals surface area contributed by atoms with Crippen molar-refractivity contribution in [3.05, 3.63) is 65.6 Å². The van der Waals surface area contributed by atoms with E-state index in [0.717, 1.165) is 22.0 Å². The van der Waals surface area contributed by atoms with Crippen LogP contribution in [0.4, 0.5) is 4.39 Å². The Balaban J connectivity index is 1.95. The Hall–Kier alpha value is -2.33. The topological polar surface area (TPSA) is 40.2 Å². The van der Waals surface area contributed by atoms with Crippen LogP contribution >= 0.6 is 0 Å². The van der Waals surface area contributed by atoms with E-state index in [2.05, 4.69) is 42.8 Å². The van der Waals surface area contributed by atoms with Crippen LogP contribution in [0, 0.1) is 5.82 Å². The summed E-state index contributed by atoms with van der Waals surface area (Å²) in [5, 5.41) is 1.14. The molecule has 0 saturated heterocycles. The standard InChI is InChI=1S/C19H21FN2O/c1-13(2)22-11-15(12-23-17-5-3-4-16(20)9-17)18-8-14(10-21)6-7-19(18)22/h3-9,11,13H,10,12,21H2,1-2H3. The van der Waals surface area contributed by atoms with Crippen LogP contribution in [0.15, 0.2) is 48.7 Å². The molecule has 1 aromatic heterocycles. The summed E-state index contributed by atoms with van der Waals surface area (Å²) in [6.45, 7) is 5.20. The predicted octanol–water partition coefficient (Wildman–Crippen LogP) is 4.40. The second-order valence-electron chi connectivity index (χ2n) is 5.96. The van der Waals surface area contributed by atoms with Gasteiger partial charge >= 0.3 is 0 Å². The summed E-state index contributed by atoms with van der Waals surface area (Å²) in [7, 11) is 0. The Morgan fingerprint density at radius 2 is 2.00 bits per heavy atom. The molecule has 0 bridgehead atoms. The van der Waals surface area contributed by atoms with Crippen molar-refractivity contribution < 1.29 is 9.13 Å². The smallest absolute Gasteiger partial charge is 0.126 e. The van der Waals surface area contributed by atoms with Gasteiger partial charge < -0.3 is 15.0 Å². The van der Waals surface area contributed by atoms with Gasteiger partial charge in [0, 0.05) is 41.3 Å². The van der Waals surface area contributed by atoms with Gasteiger partial charge in [0.2, 0.25) is 0 Å². The molecule has 4 heteroatoms. The van der Waals surface area contributed by atoms with Crippen LogP contribution in [-0.4, -0.2) is 4.57 Å². The maximum Gasteiger partial charge on any atom is 0.126 e. The lowest BCUT2D eigenvalue weighted by Crippen LogP contribution is -1.99. The summed E-state index contributed by atoms with van der Waals surface area (Å²) in [5.74, 6) is 0.239. The van der Waals surface area contributed by atoms with Crippen molar-refractivity contribution in [1.82, 2.24) is 4.57 Å². The number of ether oxygens (including phenoxy) is 1. The fourth-order valence-electron chi connectivity index (χ4n) is 2.76. The van der Waals surface area contributed by atoms with E-state index in [9.17, 15) is 4.39 Å². The van der Waals surface area contributed by atoms with E-state index in [-0.39, 0.29) is 5.82 Å². The molecule has 0 fully saturated rings. The summed E-state index contributed by atoms with van der Waals surface area (Å²) in [5.41, 5.74) is 9.09. The molecule has 3 rings (SSSR count). The Kier molecular flexibility index (Phi) is 4.35. The van der Waals surface area contributed by atoms with Crippen molar-refractivity contribution in [3.8, 4) is 5.75 Å². The van der Waals surface area contributed by atoms with Crippen LogP contribution in [0.2, 0.25) is 0 Å². The number of nitrogens with zero attached hydrogens (tertiary/aromatic N) is 1. The van der Waals surface area contributed by atoms with Gasteiger partial charge in [-0.3, -0.25) is 0 Å². The average molecular weight is 312 g/mol. The maximum absolute atomic E-state index is 13.3. The van der Waals surface area contributed by atoms with Gasteiger partial charge in [0.25, 0.3) is 0 Å². The SMILES string of the molecule is CC(C)n1cc(COc2cccc(F)c2)c2cc(CN)ccc21. The summed E-state index contributed by atoms with van der Waals surface area (Å²) in [4.78, 5) is 0. The van der Waals surface area contributed by atoms with E-state index in [1.165, 1.54) is 12.1 Å². The molecule has 0 unspecified atom stereocenters. The largest absolute Gasteiger partial charge is 0.489 e. The molecule has 2 aromatic carbocycles. The fourth-order valence-corrected chi connectivity index (χ4v) is 2.76. The predicted molar refractivity (Wildman–Crippen MR) is 90.9 cm³/mol. The first kappa shape index (κ1) is 15.6. The average Bonchev–Trinajstić information content (AvgIpc) is 2.91.